The summed E-state index contributed by atoms with van der Waals surface area (Å²) in [6.45, 7) is 6.26. The van der Waals surface area contributed by atoms with Crippen molar-refractivity contribution in [2.24, 2.45) is 5.92 Å². The van der Waals surface area contributed by atoms with Crippen molar-refractivity contribution in [1.29, 1.82) is 0 Å². The number of rotatable bonds is 5. The summed E-state index contributed by atoms with van der Waals surface area (Å²) in [4.78, 5) is 11.6. The van der Waals surface area contributed by atoms with Gasteiger partial charge in [0.15, 0.2) is 0 Å². The highest BCUT2D eigenvalue weighted by molar-refractivity contribution is 5.91. The van der Waals surface area contributed by atoms with Crippen LogP contribution in [-0.4, -0.2) is 11.9 Å². The lowest BCUT2D eigenvalue weighted by atomic mass is 10.2. The first-order chi connectivity index (χ1) is 8.60. The van der Waals surface area contributed by atoms with Crippen LogP contribution in [0.3, 0.4) is 0 Å². The molecule has 0 bridgehead atoms. The minimum atomic E-state index is -0.0675. The Hall–Kier alpha value is -1.51. The summed E-state index contributed by atoms with van der Waals surface area (Å²) in [6, 6.07) is 4.15. The molecule has 1 aliphatic carbocycles. The topological polar surface area (TPSA) is 42.2 Å². The first-order valence-electron chi connectivity index (χ1n) is 6.68. The average Bonchev–Trinajstić information content (AvgIpc) is 2.90. The van der Waals surface area contributed by atoms with Crippen molar-refractivity contribution < 1.29 is 9.21 Å². The maximum absolute atomic E-state index is 11.6. The molecule has 18 heavy (non-hydrogen) atoms. The molecule has 3 atom stereocenters. The van der Waals surface area contributed by atoms with Gasteiger partial charge in [0.1, 0.15) is 11.5 Å². The second-order valence-corrected chi connectivity index (χ2v) is 5.21. The van der Waals surface area contributed by atoms with Crippen molar-refractivity contribution in [2.45, 2.75) is 45.6 Å². The highest BCUT2D eigenvalue weighted by Gasteiger charge is 2.36. The van der Waals surface area contributed by atoms with Crippen LogP contribution in [0.4, 0.5) is 0 Å². The molecule has 1 aromatic rings. The van der Waals surface area contributed by atoms with Crippen LogP contribution in [0.5, 0.6) is 0 Å². The van der Waals surface area contributed by atoms with Crippen molar-refractivity contribution in [2.75, 3.05) is 0 Å². The highest BCUT2D eigenvalue weighted by atomic mass is 16.3. The maximum atomic E-state index is 11.6. The number of furan rings is 1. The molecule has 0 spiro atoms. The van der Waals surface area contributed by atoms with Crippen LogP contribution < -0.4 is 5.32 Å². The fourth-order valence-electron chi connectivity index (χ4n) is 1.93. The molecular formula is C15H21NO2. The Morgan fingerprint density at radius 1 is 1.61 bits per heavy atom. The van der Waals surface area contributed by atoms with Gasteiger partial charge in [0.25, 0.3) is 0 Å². The van der Waals surface area contributed by atoms with Crippen LogP contribution in [0.1, 0.15) is 51.1 Å². The van der Waals surface area contributed by atoms with Gasteiger partial charge in [0.2, 0.25) is 5.91 Å². The van der Waals surface area contributed by atoms with Gasteiger partial charge in [-0.1, -0.05) is 13.8 Å². The monoisotopic (exact) mass is 247 g/mol. The summed E-state index contributed by atoms with van der Waals surface area (Å²) >= 11 is 0. The zero-order chi connectivity index (χ0) is 13.1. The van der Waals surface area contributed by atoms with Crippen LogP contribution in [-0.2, 0) is 4.79 Å². The van der Waals surface area contributed by atoms with Crippen LogP contribution >= 0.6 is 0 Å². The zero-order valence-corrected chi connectivity index (χ0v) is 11.3. The van der Waals surface area contributed by atoms with Crippen LogP contribution in [0.15, 0.2) is 22.6 Å². The molecule has 98 valence electrons. The quantitative estimate of drug-likeness (QED) is 0.811. The molecule has 1 amide bonds. The van der Waals surface area contributed by atoms with Crippen LogP contribution in [0, 0.1) is 5.92 Å². The Kier molecular flexibility index (Phi) is 3.90. The van der Waals surface area contributed by atoms with Gasteiger partial charge in [-0.25, -0.2) is 0 Å². The Morgan fingerprint density at radius 2 is 2.33 bits per heavy atom. The summed E-state index contributed by atoms with van der Waals surface area (Å²) in [6.07, 6.45) is 5.41. The average molecular weight is 247 g/mol. The summed E-state index contributed by atoms with van der Waals surface area (Å²) in [5.41, 5.74) is 0. The van der Waals surface area contributed by atoms with E-state index in [4.69, 9.17) is 4.42 Å². The van der Waals surface area contributed by atoms with Crippen molar-refractivity contribution in [3.8, 4) is 0 Å². The molecule has 1 saturated carbocycles. The smallest absolute Gasteiger partial charge is 0.244 e. The van der Waals surface area contributed by atoms with Crippen molar-refractivity contribution in [1.82, 2.24) is 5.32 Å². The minimum absolute atomic E-state index is 0.0675. The second-order valence-electron chi connectivity index (χ2n) is 5.21. The lowest BCUT2D eigenvalue weighted by Gasteiger charge is -2.08. The van der Waals surface area contributed by atoms with E-state index in [-0.39, 0.29) is 11.9 Å². The van der Waals surface area contributed by atoms with Gasteiger partial charge in [-0.2, -0.15) is 0 Å². The third kappa shape index (κ3) is 3.25. The Labute approximate surface area is 108 Å². The Morgan fingerprint density at radius 3 is 2.94 bits per heavy atom. The molecule has 1 aliphatic rings. The molecule has 0 unspecified atom stereocenters. The maximum Gasteiger partial charge on any atom is 0.244 e. The molecule has 3 nitrogen and oxygen atoms in total. The van der Waals surface area contributed by atoms with Crippen molar-refractivity contribution in [3.05, 3.63) is 29.7 Å². The van der Waals surface area contributed by atoms with Gasteiger partial charge in [-0.15, -0.1) is 0 Å². The molecule has 3 heteroatoms. The van der Waals surface area contributed by atoms with Gasteiger partial charge in [0.05, 0.1) is 0 Å². The van der Waals surface area contributed by atoms with E-state index in [0.29, 0.717) is 5.92 Å². The predicted molar refractivity (Wildman–Crippen MR) is 72.2 cm³/mol. The van der Waals surface area contributed by atoms with E-state index in [0.717, 1.165) is 23.9 Å². The zero-order valence-electron chi connectivity index (χ0n) is 11.3. The Bertz CT molecular complexity index is 447. The summed E-state index contributed by atoms with van der Waals surface area (Å²) in [5.74, 6) is 3.05. The van der Waals surface area contributed by atoms with E-state index >= 15 is 0 Å². The molecule has 0 aromatic carbocycles. The fourth-order valence-corrected chi connectivity index (χ4v) is 1.93. The van der Waals surface area contributed by atoms with E-state index in [9.17, 15) is 4.79 Å². The summed E-state index contributed by atoms with van der Waals surface area (Å²) in [7, 11) is 0. The lowest BCUT2D eigenvalue weighted by molar-refractivity contribution is -0.117. The second kappa shape index (κ2) is 5.42. The highest BCUT2D eigenvalue weighted by Crippen LogP contribution is 2.47. The molecule has 0 radical (unpaired) electrons. The van der Waals surface area contributed by atoms with Crippen LogP contribution in [0.25, 0.3) is 6.08 Å². The molecule has 0 aliphatic heterocycles. The standard InChI is InChI=1S/C15H21NO2/c1-4-11(3)16-15(17)8-6-12-5-7-14(18-12)13-9-10(13)2/h5-8,10-11,13H,4,9H2,1-3H3,(H,16,17)/b8-6+/t10-,11-,13+/m0/s1. The number of hydrogen-bond donors (Lipinski definition) is 1. The number of hydrogen-bond acceptors (Lipinski definition) is 2. The number of carbonyl (C=O) groups is 1. The van der Waals surface area contributed by atoms with Crippen molar-refractivity contribution in [3.63, 3.8) is 0 Å². The van der Waals surface area contributed by atoms with Gasteiger partial charge >= 0.3 is 0 Å². The molecule has 2 rings (SSSR count). The van der Waals surface area contributed by atoms with Gasteiger partial charge in [-0.3, -0.25) is 4.79 Å². The molecule has 1 heterocycles. The largest absolute Gasteiger partial charge is 0.461 e. The Balaban J connectivity index is 1.88. The van der Waals surface area contributed by atoms with E-state index in [1.54, 1.807) is 6.08 Å². The number of carbonyl (C=O) groups excluding carboxylic acids is 1. The third-order valence-electron chi connectivity index (χ3n) is 3.52. The first kappa shape index (κ1) is 12.9. The molecule has 1 aromatic heterocycles. The normalized spacial score (nSPS) is 24.2. The number of nitrogens with one attached hydrogen (secondary N) is 1. The van der Waals surface area contributed by atoms with Crippen LogP contribution in [0.2, 0.25) is 0 Å². The molecule has 1 fully saturated rings. The van der Waals surface area contributed by atoms with Gasteiger partial charge in [0, 0.05) is 18.0 Å². The van der Waals surface area contributed by atoms with Gasteiger partial charge < -0.3 is 9.73 Å². The summed E-state index contributed by atoms with van der Waals surface area (Å²) < 4.78 is 5.69. The molecule has 1 N–H and O–H groups in total. The van der Waals surface area contributed by atoms with E-state index in [2.05, 4.69) is 12.2 Å². The summed E-state index contributed by atoms with van der Waals surface area (Å²) in [5, 5.41) is 2.88. The molecule has 0 saturated heterocycles. The minimum Gasteiger partial charge on any atom is -0.461 e. The number of amides is 1. The molecular weight excluding hydrogens is 226 g/mol. The predicted octanol–water partition coefficient (Wildman–Crippen LogP) is 3.33. The third-order valence-corrected chi connectivity index (χ3v) is 3.52. The first-order valence-corrected chi connectivity index (χ1v) is 6.68. The van der Waals surface area contributed by atoms with E-state index < -0.39 is 0 Å². The van der Waals surface area contributed by atoms with E-state index in [1.807, 2.05) is 26.0 Å². The van der Waals surface area contributed by atoms with E-state index in [1.165, 1.54) is 12.5 Å². The van der Waals surface area contributed by atoms with Crippen molar-refractivity contribution >= 4 is 12.0 Å². The fraction of sp³-hybridized carbons (Fsp3) is 0.533. The SMILES string of the molecule is CC[C@H](C)NC(=O)/C=C/c1ccc([C@@H]2C[C@@H]2C)o1. The lowest BCUT2D eigenvalue weighted by Crippen LogP contribution is -2.30. The van der Waals surface area contributed by atoms with Gasteiger partial charge in [-0.05, 0) is 43.9 Å².